The van der Waals surface area contributed by atoms with Gasteiger partial charge >= 0.3 is 6.18 Å². The first-order chi connectivity index (χ1) is 14.9. The third-order valence-corrected chi connectivity index (χ3v) is 7.73. The van der Waals surface area contributed by atoms with Crippen molar-refractivity contribution in [2.75, 3.05) is 0 Å². The van der Waals surface area contributed by atoms with E-state index >= 15 is 0 Å². The highest BCUT2D eigenvalue weighted by Crippen LogP contribution is 2.48. The number of hydrogen-bond donors (Lipinski definition) is 2. The van der Waals surface area contributed by atoms with Crippen molar-refractivity contribution in [1.29, 1.82) is 0 Å². The maximum Gasteiger partial charge on any atom is 0.425 e. The number of para-hydroxylation sites is 2. The van der Waals surface area contributed by atoms with Crippen molar-refractivity contribution in [3.05, 3.63) is 52.0 Å². The number of carbonyl (C=O) groups excluding carboxylic acids is 1. The van der Waals surface area contributed by atoms with Crippen LogP contribution in [0.2, 0.25) is 0 Å². The molecular formula is C23H24F3N3OS. The first-order valence-corrected chi connectivity index (χ1v) is 11.6. The number of aromatic nitrogens is 2. The summed E-state index contributed by atoms with van der Waals surface area (Å²) >= 11 is 0.758. The van der Waals surface area contributed by atoms with Crippen LogP contribution in [0.15, 0.2) is 36.4 Å². The van der Waals surface area contributed by atoms with E-state index < -0.39 is 11.1 Å². The number of aromatic amines is 1. The number of fused-ring (bicyclic) bond motifs is 1. The van der Waals surface area contributed by atoms with Crippen molar-refractivity contribution < 1.29 is 18.0 Å². The Hall–Kier alpha value is -2.35. The maximum absolute atomic E-state index is 13.1. The van der Waals surface area contributed by atoms with Crippen LogP contribution < -0.4 is 5.32 Å². The van der Waals surface area contributed by atoms with E-state index in [4.69, 9.17) is 0 Å². The van der Waals surface area contributed by atoms with Crippen LogP contribution in [0.1, 0.15) is 66.1 Å². The number of hydrogen-bond acceptors (Lipinski definition) is 3. The number of thiophene rings is 1. The van der Waals surface area contributed by atoms with Crippen molar-refractivity contribution in [1.82, 2.24) is 15.3 Å². The summed E-state index contributed by atoms with van der Waals surface area (Å²) in [6, 6.07) is 10.1. The van der Waals surface area contributed by atoms with Crippen LogP contribution in [-0.4, -0.2) is 15.9 Å². The second-order valence-electron chi connectivity index (χ2n) is 8.67. The number of nitrogens with one attached hydrogen (secondary N) is 2. The van der Waals surface area contributed by atoms with E-state index in [0.717, 1.165) is 66.4 Å². The number of imidazole rings is 1. The van der Waals surface area contributed by atoms with E-state index in [1.54, 1.807) is 0 Å². The number of amides is 1. The van der Waals surface area contributed by atoms with Crippen LogP contribution in [0.3, 0.4) is 0 Å². The third kappa shape index (κ3) is 4.22. The number of halogens is 3. The van der Waals surface area contributed by atoms with Gasteiger partial charge < -0.3 is 10.3 Å². The molecule has 2 heterocycles. The normalized spacial score (nSPS) is 23.1. The first kappa shape index (κ1) is 20.5. The molecule has 0 aliphatic heterocycles. The molecule has 164 valence electrons. The van der Waals surface area contributed by atoms with Gasteiger partial charge in [0, 0.05) is 16.7 Å². The summed E-state index contributed by atoms with van der Waals surface area (Å²) in [5.41, 5.74) is 1.82. The lowest BCUT2D eigenvalue weighted by atomic mass is 9.83. The lowest BCUT2D eigenvalue weighted by molar-refractivity contribution is -0.134. The number of rotatable bonds is 5. The molecule has 31 heavy (non-hydrogen) atoms. The number of nitrogens with zero attached hydrogens (tertiary/aromatic N) is 1. The van der Waals surface area contributed by atoms with Gasteiger partial charge in [-0.1, -0.05) is 31.4 Å². The molecule has 1 amide bonds. The van der Waals surface area contributed by atoms with E-state index in [2.05, 4.69) is 15.3 Å². The maximum atomic E-state index is 13.1. The Balaban J connectivity index is 1.33. The average Bonchev–Trinajstić information content (AvgIpc) is 3.19. The van der Waals surface area contributed by atoms with E-state index in [1.165, 1.54) is 6.07 Å². The summed E-state index contributed by atoms with van der Waals surface area (Å²) in [5, 5.41) is 3.13. The molecular weight excluding hydrogens is 423 g/mol. The van der Waals surface area contributed by atoms with Gasteiger partial charge in [0.15, 0.2) is 0 Å². The number of carbonyl (C=O) groups is 1. The van der Waals surface area contributed by atoms with Gasteiger partial charge in [-0.3, -0.25) is 4.79 Å². The Morgan fingerprint density at radius 2 is 1.90 bits per heavy atom. The van der Waals surface area contributed by atoms with Gasteiger partial charge in [0.25, 0.3) is 0 Å². The highest BCUT2D eigenvalue weighted by Gasteiger charge is 2.47. The standard InChI is InChI=1S/C23H24F3N3OS/c24-23(25,26)19-11-10-18(31-19)20(13-6-2-1-3-7-13)29-22(30)15-12-14(15)21-27-16-8-4-5-9-17(16)28-21/h4-5,8-11,13-15,20H,1-3,6-7,12H2,(H,27,28)(H,29,30)/t14-,15?,20-/m0/s1. The van der Waals surface area contributed by atoms with Gasteiger partial charge in [0.05, 0.1) is 17.1 Å². The molecule has 2 N–H and O–H groups in total. The molecule has 0 bridgehead atoms. The molecule has 1 unspecified atom stereocenters. The molecule has 5 rings (SSSR count). The molecule has 2 aliphatic rings. The summed E-state index contributed by atoms with van der Waals surface area (Å²) < 4.78 is 39.4. The third-order valence-electron chi connectivity index (χ3n) is 6.52. The molecule has 0 spiro atoms. The van der Waals surface area contributed by atoms with Crippen LogP contribution in [0.5, 0.6) is 0 Å². The number of alkyl halides is 3. The Kier molecular flexibility index (Phi) is 5.28. The molecule has 8 heteroatoms. The molecule has 2 aliphatic carbocycles. The van der Waals surface area contributed by atoms with Crippen molar-refractivity contribution in [3.63, 3.8) is 0 Å². The predicted octanol–water partition coefficient (Wildman–Crippen LogP) is 6.18. The molecule has 4 nitrogen and oxygen atoms in total. The molecule has 0 radical (unpaired) electrons. The lowest BCUT2D eigenvalue weighted by Crippen LogP contribution is -2.35. The predicted molar refractivity (Wildman–Crippen MR) is 114 cm³/mol. The highest BCUT2D eigenvalue weighted by atomic mass is 32.1. The summed E-state index contributed by atoms with van der Waals surface area (Å²) in [7, 11) is 0. The zero-order valence-electron chi connectivity index (χ0n) is 16.9. The molecule has 2 aromatic heterocycles. The van der Waals surface area contributed by atoms with Gasteiger partial charge in [-0.2, -0.15) is 13.2 Å². The topological polar surface area (TPSA) is 57.8 Å². The lowest BCUT2D eigenvalue weighted by Gasteiger charge is -2.30. The van der Waals surface area contributed by atoms with Crippen molar-refractivity contribution in [2.24, 2.45) is 11.8 Å². The molecule has 3 atom stereocenters. The van der Waals surface area contributed by atoms with Crippen LogP contribution >= 0.6 is 11.3 Å². The molecule has 1 aromatic carbocycles. The molecule has 0 saturated heterocycles. The fourth-order valence-corrected chi connectivity index (χ4v) is 5.78. The smallest absolute Gasteiger partial charge is 0.348 e. The van der Waals surface area contributed by atoms with E-state index in [1.807, 2.05) is 24.3 Å². The fourth-order valence-electron chi connectivity index (χ4n) is 4.76. The van der Waals surface area contributed by atoms with Crippen LogP contribution in [0, 0.1) is 11.8 Å². The minimum absolute atomic E-state index is 0.0356. The summed E-state index contributed by atoms with van der Waals surface area (Å²) in [6.07, 6.45) is 1.48. The average molecular weight is 448 g/mol. The van der Waals surface area contributed by atoms with Gasteiger partial charge in [-0.15, -0.1) is 11.3 Å². The first-order valence-electron chi connectivity index (χ1n) is 10.8. The molecule has 2 saturated carbocycles. The monoisotopic (exact) mass is 447 g/mol. The molecule has 3 aromatic rings. The second-order valence-corrected chi connectivity index (χ2v) is 9.79. The van der Waals surface area contributed by atoms with Crippen LogP contribution in [-0.2, 0) is 11.0 Å². The summed E-state index contributed by atoms with van der Waals surface area (Å²) in [5.74, 6) is 0.761. The Labute approximate surface area is 182 Å². The van der Waals surface area contributed by atoms with Crippen molar-refractivity contribution in [2.45, 2.75) is 56.7 Å². The van der Waals surface area contributed by atoms with Crippen LogP contribution in [0.4, 0.5) is 13.2 Å². The van der Waals surface area contributed by atoms with Crippen molar-refractivity contribution >= 4 is 28.3 Å². The van der Waals surface area contributed by atoms with Gasteiger partial charge in [0.1, 0.15) is 10.7 Å². The highest BCUT2D eigenvalue weighted by molar-refractivity contribution is 7.12. The largest absolute Gasteiger partial charge is 0.425 e. The zero-order chi connectivity index (χ0) is 21.6. The van der Waals surface area contributed by atoms with Gasteiger partial charge in [-0.05, 0) is 49.4 Å². The van der Waals surface area contributed by atoms with Gasteiger partial charge in [-0.25, -0.2) is 4.98 Å². The van der Waals surface area contributed by atoms with Crippen molar-refractivity contribution in [3.8, 4) is 0 Å². The number of H-pyrrole nitrogens is 1. The van der Waals surface area contributed by atoms with E-state index in [-0.39, 0.29) is 29.7 Å². The SMILES string of the molecule is O=C(N[C@H](c1ccc(C(F)(F)F)s1)C1CCCCC1)C1C[C@@H]1c1nc2ccccc2[nH]1. The van der Waals surface area contributed by atoms with E-state index in [0.29, 0.717) is 11.3 Å². The Morgan fingerprint density at radius 1 is 1.13 bits per heavy atom. The van der Waals surface area contributed by atoms with Crippen LogP contribution in [0.25, 0.3) is 11.0 Å². The number of benzene rings is 1. The Morgan fingerprint density at radius 3 is 2.61 bits per heavy atom. The minimum atomic E-state index is -4.35. The van der Waals surface area contributed by atoms with Gasteiger partial charge in [0.2, 0.25) is 5.91 Å². The zero-order valence-corrected chi connectivity index (χ0v) is 17.7. The molecule has 2 fully saturated rings. The second kappa shape index (κ2) is 7.97. The quantitative estimate of drug-likeness (QED) is 0.490. The Bertz CT molecular complexity index is 1050. The summed E-state index contributed by atoms with van der Waals surface area (Å²) in [4.78, 5) is 21.0. The minimum Gasteiger partial charge on any atom is -0.348 e. The summed E-state index contributed by atoms with van der Waals surface area (Å²) in [6.45, 7) is 0. The fraction of sp³-hybridized carbons (Fsp3) is 0.478. The van der Waals surface area contributed by atoms with E-state index in [9.17, 15) is 18.0 Å².